The third-order valence-electron chi connectivity index (χ3n) is 4.76. The molecular formula is C21H22FN7O2. The molecule has 0 aliphatic carbocycles. The molecule has 0 spiro atoms. The minimum Gasteiger partial charge on any atom is -0.497 e. The highest BCUT2D eigenvalue weighted by Gasteiger charge is 2.20. The fourth-order valence-electron chi connectivity index (χ4n) is 3.24. The topological polar surface area (TPSA) is 104 Å². The van der Waals surface area contributed by atoms with Gasteiger partial charge in [0, 0.05) is 44.0 Å². The Morgan fingerprint density at radius 1 is 1.13 bits per heavy atom. The molecule has 0 aliphatic rings. The van der Waals surface area contributed by atoms with Gasteiger partial charge in [-0.2, -0.15) is 5.10 Å². The third-order valence-corrected chi connectivity index (χ3v) is 4.76. The SMILES string of the molecule is COc1cc(OC)c(F)c(N(CCN)c2ccc3ncc(-c4cnn(C)c4)nc3n2)c1. The molecule has 4 rings (SSSR count). The zero-order chi connectivity index (χ0) is 22.0. The summed E-state index contributed by atoms with van der Waals surface area (Å²) in [6.45, 7) is 0.599. The van der Waals surface area contributed by atoms with Gasteiger partial charge in [-0.1, -0.05) is 0 Å². The van der Waals surface area contributed by atoms with Gasteiger partial charge >= 0.3 is 0 Å². The molecule has 0 bridgehead atoms. The maximum Gasteiger partial charge on any atom is 0.188 e. The number of aromatic nitrogens is 5. The van der Waals surface area contributed by atoms with Gasteiger partial charge in [-0.3, -0.25) is 9.67 Å². The highest BCUT2D eigenvalue weighted by Crippen LogP contribution is 2.36. The summed E-state index contributed by atoms with van der Waals surface area (Å²) in [6.07, 6.45) is 5.22. The van der Waals surface area contributed by atoms with Crippen LogP contribution in [0.25, 0.3) is 22.4 Å². The highest BCUT2D eigenvalue weighted by molar-refractivity contribution is 5.77. The van der Waals surface area contributed by atoms with Crippen LogP contribution >= 0.6 is 0 Å². The number of hydrogen-bond donors (Lipinski definition) is 1. The molecule has 0 amide bonds. The Morgan fingerprint density at radius 2 is 1.97 bits per heavy atom. The van der Waals surface area contributed by atoms with E-state index in [0.717, 1.165) is 5.56 Å². The average Bonchev–Trinajstić information content (AvgIpc) is 3.23. The second-order valence-corrected chi connectivity index (χ2v) is 6.77. The van der Waals surface area contributed by atoms with Crippen LogP contribution in [0.5, 0.6) is 11.5 Å². The lowest BCUT2D eigenvalue weighted by Gasteiger charge is -2.25. The molecule has 2 N–H and O–H groups in total. The van der Waals surface area contributed by atoms with Crippen molar-refractivity contribution in [2.75, 3.05) is 32.2 Å². The first-order chi connectivity index (χ1) is 15.0. The Labute approximate surface area is 178 Å². The van der Waals surface area contributed by atoms with E-state index < -0.39 is 5.82 Å². The molecule has 160 valence electrons. The molecule has 1 aromatic carbocycles. The summed E-state index contributed by atoms with van der Waals surface area (Å²) in [5.74, 6) is 0.462. The maximum atomic E-state index is 15.1. The lowest BCUT2D eigenvalue weighted by molar-refractivity contribution is 0.374. The quantitative estimate of drug-likeness (QED) is 0.484. The molecule has 10 heteroatoms. The van der Waals surface area contributed by atoms with Crippen LogP contribution in [0.4, 0.5) is 15.9 Å². The van der Waals surface area contributed by atoms with Gasteiger partial charge in [0.2, 0.25) is 0 Å². The Hall–Kier alpha value is -3.79. The third kappa shape index (κ3) is 3.97. The first kappa shape index (κ1) is 20.5. The zero-order valence-corrected chi connectivity index (χ0v) is 17.4. The molecule has 0 unspecified atom stereocenters. The smallest absolute Gasteiger partial charge is 0.188 e. The van der Waals surface area contributed by atoms with Crippen molar-refractivity contribution in [3.05, 3.63) is 48.7 Å². The predicted octanol–water partition coefficient (Wildman–Crippen LogP) is 2.68. The number of nitrogens with zero attached hydrogens (tertiary/aromatic N) is 6. The van der Waals surface area contributed by atoms with E-state index in [1.165, 1.54) is 20.3 Å². The van der Waals surface area contributed by atoms with Gasteiger partial charge in [-0.05, 0) is 12.1 Å². The van der Waals surface area contributed by atoms with Crippen LogP contribution in [0, 0.1) is 5.82 Å². The minimum absolute atomic E-state index is 0.0656. The number of halogens is 1. The standard InChI is InChI=1S/C21H22FN7O2/c1-28-12-13(10-25-28)16-11-24-15-4-5-19(27-21(15)26-16)29(7-6-23)17-8-14(30-2)9-18(31-3)20(17)22/h4-5,8-12H,6-7,23H2,1-3H3. The Kier molecular flexibility index (Phi) is 5.63. The highest BCUT2D eigenvalue weighted by atomic mass is 19.1. The van der Waals surface area contributed by atoms with Crippen LogP contribution in [0.3, 0.4) is 0 Å². The van der Waals surface area contributed by atoms with Crippen molar-refractivity contribution >= 4 is 22.7 Å². The number of nitrogens with two attached hydrogens (primary N) is 1. The zero-order valence-electron chi connectivity index (χ0n) is 17.4. The van der Waals surface area contributed by atoms with E-state index in [2.05, 4.69) is 20.1 Å². The van der Waals surface area contributed by atoms with Crippen molar-refractivity contribution in [1.82, 2.24) is 24.7 Å². The van der Waals surface area contributed by atoms with E-state index in [0.29, 0.717) is 35.0 Å². The van der Waals surface area contributed by atoms with Crippen molar-refractivity contribution < 1.29 is 13.9 Å². The summed E-state index contributed by atoms with van der Waals surface area (Å²) < 4.78 is 27.3. The number of rotatable bonds is 7. The van der Waals surface area contributed by atoms with Gasteiger partial charge in [0.25, 0.3) is 0 Å². The van der Waals surface area contributed by atoms with E-state index in [9.17, 15) is 0 Å². The molecule has 3 aromatic heterocycles. The van der Waals surface area contributed by atoms with Gasteiger partial charge in [0.1, 0.15) is 17.1 Å². The lowest BCUT2D eigenvalue weighted by Crippen LogP contribution is -2.26. The summed E-state index contributed by atoms with van der Waals surface area (Å²) in [4.78, 5) is 15.4. The van der Waals surface area contributed by atoms with E-state index in [4.69, 9.17) is 15.2 Å². The number of ether oxygens (including phenoxy) is 2. The molecule has 0 saturated heterocycles. The molecule has 4 aromatic rings. The fraction of sp³-hybridized carbons (Fsp3) is 0.238. The number of aryl methyl sites for hydroxylation is 1. The molecule has 0 saturated carbocycles. The van der Waals surface area contributed by atoms with Gasteiger partial charge < -0.3 is 20.1 Å². The molecule has 9 nitrogen and oxygen atoms in total. The first-order valence-corrected chi connectivity index (χ1v) is 9.56. The van der Waals surface area contributed by atoms with Gasteiger partial charge in [0.15, 0.2) is 17.2 Å². The van der Waals surface area contributed by atoms with Gasteiger partial charge in [-0.25, -0.2) is 14.4 Å². The Bertz CT molecular complexity index is 1230. The van der Waals surface area contributed by atoms with Crippen LogP contribution in [-0.2, 0) is 7.05 Å². The van der Waals surface area contributed by atoms with E-state index in [-0.39, 0.29) is 18.0 Å². The normalized spacial score (nSPS) is 11.0. The van der Waals surface area contributed by atoms with Gasteiger partial charge in [-0.15, -0.1) is 0 Å². The summed E-state index contributed by atoms with van der Waals surface area (Å²) >= 11 is 0. The van der Waals surface area contributed by atoms with Crippen LogP contribution in [0.1, 0.15) is 0 Å². The number of methoxy groups -OCH3 is 2. The monoisotopic (exact) mass is 423 g/mol. The second-order valence-electron chi connectivity index (χ2n) is 6.77. The van der Waals surface area contributed by atoms with Crippen LogP contribution < -0.4 is 20.1 Å². The van der Waals surface area contributed by atoms with Crippen molar-refractivity contribution in [1.29, 1.82) is 0 Å². The predicted molar refractivity (Wildman–Crippen MR) is 115 cm³/mol. The molecular weight excluding hydrogens is 401 g/mol. The van der Waals surface area contributed by atoms with E-state index >= 15 is 4.39 Å². The largest absolute Gasteiger partial charge is 0.497 e. The fourth-order valence-corrected chi connectivity index (χ4v) is 3.24. The number of anilines is 2. The van der Waals surface area contributed by atoms with Crippen molar-refractivity contribution in [3.63, 3.8) is 0 Å². The van der Waals surface area contributed by atoms with E-state index in [1.807, 2.05) is 13.2 Å². The molecule has 0 fully saturated rings. The minimum atomic E-state index is -0.533. The van der Waals surface area contributed by atoms with Crippen molar-refractivity contribution in [3.8, 4) is 22.8 Å². The molecule has 0 atom stereocenters. The van der Waals surface area contributed by atoms with Gasteiger partial charge in [0.05, 0.1) is 38.0 Å². The van der Waals surface area contributed by atoms with Crippen LogP contribution in [0.15, 0.2) is 42.9 Å². The van der Waals surface area contributed by atoms with Crippen LogP contribution in [-0.4, -0.2) is 52.0 Å². The first-order valence-electron chi connectivity index (χ1n) is 9.56. The summed E-state index contributed by atoms with van der Waals surface area (Å²) in [7, 11) is 4.74. The molecule has 0 aliphatic heterocycles. The summed E-state index contributed by atoms with van der Waals surface area (Å²) in [5, 5.41) is 4.17. The second kappa shape index (κ2) is 8.52. The number of hydrogen-bond acceptors (Lipinski definition) is 8. The number of benzene rings is 1. The summed E-state index contributed by atoms with van der Waals surface area (Å²) in [5.41, 5.74) is 8.57. The average molecular weight is 423 g/mol. The van der Waals surface area contributed by atoms with Crippen molar-refractivity contribution in [2.45, 2.75) is 0 Å². The number of pyridine rings is 1. The van der Waals surface area contributed by atoms with Crippen LogP contribution in [0.2, 0.25) is 0 Å². The maximum absolute atomic E-state index is 15.1. The molecule has 31 heavy (non-hydrogen) atoms. The van der Waals surface area contributed by atoms with Crippen molar-refractivity contribution in [2.24, 2.45) is 12.8 Å². The van der Waals surface area contributed by atoms with E-state index in [1.54, 1.807) is 40.2 Å². The Morgan fingerprint density at radius 3 is 2.65 bits per heavy atom. The molecule has 3 heterocycles. The lowest BCUT2D eigenvalue weighted by atomic mass is 10.2. The number of fused-ring (bicyclic) bond motifs is 1. The molecule has 0 radical (unpaired) electrons. The Balaban J connectivity index is 1.82. The summed E-state index contributed by atoms with van der Waals surface area (Å²) in [6, 6.07) is 6.61.